The van der Waals surface area contributed by atoms with E-state index >= 15 is 4.39 Å². The van der Waals surface area contributed by atoms with Crippen LogP contribution in [0, 0.1) is 23.4 Å². The number of hydrogen-bond acceptors (Lipinski definition) is 3. The highest BCUT2D eigenvalue weighted by Gasteiger charge is 2.28. The average Bonchev–Trinajstić information content (AvgIpc) is 3.36. The predicted molar refractivity (Wildman–Crippen MR) is 131 cm³/mol. The predicted octanol–water partition coefficient (Wildman–Crippen LogP) is 5.69. The molecule has 6 nitrogen and oxygen atoms in total. The number of fused-ring (bicyclic) bond motifs is 1. The first kappa shape index (κ1) is 25.9. The molecule has 0 bridgehead atoms. The van der Waals surface area contributed by atoms with Crippen LogP contribution >= 0.6 is 0 Å². The van der Waals surface area contributed by atoms with Gasteiger partial charge in [-0.2, -0.15) is 4.39 Å². The summed E-state index contributed by atoms with van der Waals surface area (Å²) in [5, 5.41) is 6.40. The van der Waals surface area contributed by atoms with Gasteiger partial charge in [0.25, 0.3) is 0 Å². The van der Waals surface area contributed by atoms with Crippen LogP contribution < -0.4 is 10.2 Å². The van der Waals surface area contributed by atoms with Crippen molar-refractivity contribution in [2.75, 3.05) is 18.1 Å². The number of carbonyl (C=O) groups is 1. The Bertz CT molecular complexity index is 1260. The molecule has 0 aliphatic carbocycles. The van der Waals surface area contributed by atoms with Crippen LogP contribution in [0.25, 0.3) is 11.1 Å². The van der Waals surface area contributed by atoms with Crippen LogP contribution in [0.2, 0.25) is 25.7 Å². The molecule has 1 aliphatic rings. The summed E-state index contributed by atoms with van der Waals surface area (Å²) in [6.07, 6.45) is 1.85. The fraction of sp³-hybridized carbons (Fsp3) is 0.360. The van der Waals surface area contributed by atoms with E-state index < -0.39 is 37.5 Å². The van der Waals surface area contributed by atoms with E-state index in [1.165, 1.54) is 27.9 Å². The lowest BCUT2D eigenvalue weighted by Crippen LogP contribution is -2.38. The molecule has 3 aromatic rings. The Labute approximate surface area is 207 Å². The standard InChI is InChI=1S/C25H28F4N4O2Si/c1-36(2,3)7-6-35-15-32-14-21(24(29)31-32)20-10-17-4-5-33(23(17)12-22(20)28)25(34)30-13-16-8-18(26)11-19(27)9-16/h8-12,14H,4-7,13,15H2,1-3H3,(H,30,34). The number of amides is 2. The van der Waals surface area contributed by atoms with Crippen molar-refractivity contribution in [2.45, 2.75) is 45.4 Å². The highest BCUT2D eigenvalue weighted by atomic mass is 28.3. The van der Waals surface area contributed by atoms with E-state index in [0.717, 1.165) is 24.2 Å². The number of halogens is 4. The summed E-state index contributed by atoms with van der Waals surface area (Å²) in [6.45, 7) is 7.50. The fourth-order valence-electron chi connectivity index (χ4n) is 4.00. The summed E-state index contributed by atoms with van der Waals surface area (Å²) < 4.78 is 63.3. The zero-order valence-electron chi connectivity index (χ0n) is 20.4. The Kier molecular flexibility index (Phi) is 7.50. The summed E-state index contributed by atoms with van der Waals surface area (Å²) in [7, 11) is -1.25. The lowest BCUT2D eigenvalue weighted by Gasteiger charge is -2.19. The van der Waals surface area contributed by atoms with E-state index in [-0.39, 0.29) is 36.5 Å². The monoisotopic (exact) mass is 520 g/mol. The minimum absolute atomic E-state index is 0.0140. The van der Waals surface area contributed by atoms with Gasteiger partial charge < -0.3 is 10.1 Å². The second-order valence-electron chi connectivity index (χ2n) is 10.0. The maximum absolute atomic E-state index is 15.1. The van der Waals surface area contributed by atoms with Crippen molar-refractivity contribution in [1.29, 1.82) is 0 Å². The van der Waals surface area contributed by atoms with Crippen molar-refractivity contribution < 1.29 is 27.1 Å². The molecule has 0 saturated heterocycles. The van der Waals surface area contributed by atoms with Crippen molar-refractivity contribution >= 4 is 19.8 Å². The van der Waals surface area contributed by atoms with Crippen LogP contribution in [0.5, 0.6) is 0 Å². The Balaban J connectivity index is 1.44. The third kappa shape index (κ3) is 6.14. The van der Waals surface area contributed by atoms with Gasteiger partial charge >= 0.3 is 6.03 Å². The van der Waals surface area contributed by atoms with Gasteiger partial charge in [0, 0.05) is 45.6 Å². The van der Waals surface area contributed by atoms with Gasteiger partial charge in [0.15, 0.2) is 0 Å². The summed E-state index contributed by atoms with van der Waals surface area (Å²) in [4.78, 5) is 14.0. The molecule has 192 valence electrons. The van der Waals surface area contributed by atoms with Crippen molar-refractivity contribution in [3.05, 3.63) is 71.1 Å². The maximum atomic E-state index is 15.1. The minimum Gasteiger partial charge on any atom is -0.360 e. The molecule has 11 heteroatoms. The van der Waals surface area contributed by atoms with Gasteiger partial charge in [-0.3, -0.25) is 4.90 Å². The Morgan fingerprint density at radius 2 is 1.78 bits per heavy atom. The molecule has 1 aromatic heterocycles. The first-order valence-corrected chi connectivity index (χ1v) is 15.3. The van der Waals surface area contributed by atoms with E-state index in [0.29, 0.717) is 24.3 Å². The molecule has 0 fully saturated rings. The number of hydrogen-bond donors (Lipinski definition) is 1. The van der Waals surface area contributed by atoms with Gasteiger partial charge in [-0.15, -0.1) is 5.10 Å². The normalized spacial score (nSPS) is 13.2. The third-order valence-electron chi connectivity index (χ3n) is 5.90. The summed E-state index contributed by atoms with van der Waals surface area (Å²) in [6, 6.07) is 6.15. The molecule has 4 rings (SSSR count). The van der Waals surface area contributed by atoms with Crippen LogP contribution in [0.3, 0.4) is 0 Å². The molecule has 2 amide bonds. The molecule has 0 unspecified atom stereocenters. The van der Waals surface area contributed by atoms with Gasteiger partial charge in [0.2, 0.25) is 5.95 Å². The smallest absolute Gasteiger partial charge is 0.322 e. The number of urea groups is 1. The van der Waals surface area contributed by atoms with E-state index in [1.807, 2.05) is 0 Å². The van der Waals surface area contributed by atoms with Gasteiger partial charge in [0.1, 0.15) is 24.2 Å². The lowest BCUT2D eigenvalue weighted by molar-refractivity contribution is 0.0774. The molecule has 2 heterocycles. The zero-order chi connectivity index (χ0) is 26.0. The van der Waals surface area contributed by atoms with E-state index in [9.17, 15) is 18.0 Å². The SMILES string of the molecule is C[Si](C)(C)CCOCn1cc(-c2cc3c(cc2F)N(C(=O)NCc2cc(F)cc(F)c2)CC3)c(F)n1. The molecule has 0 spiro atoms. The average molecular weight is 521 g/mol. The fourth-order valence-corrected chi connectivity index (χ4v) is 4.75. The summed E-state index contributed by atoms with van der Waals surface area (Å²) in [5.74, 6) is -2.99. The Morgan fingerprint density at radius 3 is 2.47 bits per heavy atom. The Hall–Kier alpha value is -3.18. The van der Waals surface area contributed by atoms with Crippen LogP contribution in [-0.2, 0) is 24.4 Å². The van der Waals surface area contributed by atoms with Crippen molar-refractivity contribution in [1.82, 2.24) is 15.1 Å². The molecule has 36 heavy (non-hydrogen) atoms. The van der Waals surface area contributed by atoms with Crippen LogP contribution in [0.15, 0.2) is 36.5 Å². The first-order chi connectivity index (χ1) is 17.0. The molecular formula is C25H28F4N4O2Si. The van der Waals surface area contributed by atoms with Crippen molar-refractivity contribution in [2.24, 2.45) is 0 Å². The van der Waals surface area contributed by atoms with E-state index in [1.54, 1.807) is 0 Å². The third-order valence-corrected chi connectivity index (χ3v) is 7.61. The number of rotatable bonds is 8. The lowest BCUT2D eigenvalue weighted by atomic mass is 10.0. The first-order valence-electron chi connectivity index (χ1n) is 11.6. The zero-order valence-corrected chi connectivity index (χ0v) is 21.4. The molecule has 1 aliphatic heterocycles. The largest absolute Gasteiger partial charge is 0.360 e. The van der Waals surface area contributed by atoms with E-state index in [2.05, 4.69) is 30.1 Å². The number of ether oxygens (including phenoxy) is 1. The molecular weight excluding hydrogens is 492 g/mol. The van der Waals surface area contributed by atoms with Crippen LogP contribution in [-0.4, -0.2) is 37.0 Å². The van der Waals surface area contributed by atoms with Gasteiger partial charge in [-0.05, 0) is 47.9 Å². The quantitative estimate of drug-likeness (QED) is 0.236. The number of anilines is 1. The highest BCUT2D eigenvalue weighted by Crippen LogP contribution is 2.35. The van der Waals surface area contributed by atoms with Crippen LogP contribution in [0.4, 0.5) is 28.0 Å². The molecule has 0 radical (unpaired) electrons. The molecule has 0 atom stereocenters. The molecule has 1 N–H and O–H groups in total. The maximum Gasteiger partial charge on any atom is 0.322 e. The molecule has 2 aromatic carbocycles. The van der Waals surface area contributed by atoms with E-state index in [4.69, 9.17) is 4.74 Å². The van der Waals surface area contributed by atoms with Crippen LogP contribution in [0.1, 0.15) is 11.1 Å². The second kappa shape index (κ2) is 10.4. The minimum atomic E-state index is -1.25. The molecule has 0 saturated carbocycles. The van der Waals surface area contributed by atoms with Gasteiger partial charge in [-0.25, -0.2) is 22.6 Å². The topological polar surface area (TPSA) is 59.4 Å². The number of carbonyl (C=O) groups excluding carboxylic acids is 1. The number of nitrogens with zero attached hydrogens (tertiary/aromatic N) is 3. The van der Waals surface area contributed by atoms with Gasteiger partial charge in [0.05, 0.1) is 11.3 Å². The summed E-state index contributed by atoms with van der Waals surface area (Å²) >= 11 is 0. The number of benzene rings is 2. The highest BCUT2D eigenvalue weighted by molar-refractivity contribution is 6.76. The Morgan fingerprint density at radius 1 is 1.06 bits per heavy atom. The second-order valence-corrected chi connectivity index (χ2v) is 15.6. The number of aromatic nitrogens is 2. The van der Waals surface area contributed by atoms with Gasteiger partial charge in [-0.1, -0.05) is 19.6 Å². The van der Waals surface area contributed by atoms with Crippen molar-refractivity contribution in [3.63, 3.8) is 0 Å². The summed E-state index contributed by atoms with van der Waals surface area (Å²) in [5.41, 5.74) is 1.37. The van der Waals surface area contributed by atoms with Crippen molar-refractivity contribution in [3.8, 4) is 11.1 Å². The number of nitrogens with one attached hydrogen (secondary N) is 1.